The molecule has 0 saturated heterocycles. The summed E-state index contributed by atoms with van der Waals surface area (Å²) in [5, 5.41) is 0. The Labute approximate surface area is 95.3 Å². The van der Waals surface area contributed by atoms with Gasteiger partial charge in [-0.05, 0) is 11.8 Å². The van der Waals surface area contributed by atoms with Crippen molar-refractivity contribution in [2.45, 2.75) is 58.9 Å². The van der Waals surface area contributed by atoms with E-state index >= 15 is 0 Å². The maximum atomic E-state index is 12.0. The van der Waals surface area contributed by atoms with Crippen LogP contribution in [0.1, 0.15) is 40.5 Å². The van der Waals surface area contributed by atoms with Gasteiger partial charge >= 0.3 is 6.18 Å². The van der Waals surface area contributed by atoms with Gasteiger partial charge in [-0.3, -0.25) is 0 Å². The monoisotopic (exact) mass is 241 g/mol. The summed E-state index contributed by atoms with van der Waals surface area (Å²) >= 11 is 0. The van der Waals surface area contributed by atoms with Gasteiger partial charge in [-0.1, -0.05) is 27.7 Å². The van der Waals surface area contributed by atoms with E-state index in [1.54, 1.807) is 0 Å². The SMILES string of the molecule is CCC(N)C(OCCC(F)(F)F)C(C)(C)C. The summed E-state index contributed by atoms with van der Waals surface area (Å²) < 4.78 is 41.2. The van der Waals surface area contributed by atoms with Crippen molar-refractivity contribution in [3.63, 3.8) is 0 Å². The summed E-state index contributed by atoms with van der Waals surface area (Å²) in [7, 11) is 0. The molecule has 16 heavy (non-hydrogen) atoms. The van der Waals surface area contributed by atoms with Crippen LogP contribution >= 0.6 is 0 Å². The summed E-state index contributed by atoms with van der Waals surface area (Å²) in [6.45, 7) is 7.33. The summed E-state index contributed by atoms with van der Waals surface area (Å²) in [5.41, 5.74) is 5.60. The van der Waals surface area contributed by atoms with Crippen LogP contribution in [0.3, 0.4) is 0 Å². The molecule has 0 aliphatic carbocycles. The van der Waals surface area contributed by atoms with Crippen molar-refractivity contribution in [1.82, 2.24) is 0 Å². The van der Waals surface area contributed by atoms with Gasteiger partial charge < -0.3 is 10.5 Å². The van der Waals surface area contributed by atoms with Crippen molar-refractivity contribution in [2.75, 3.05) is 6.61 Å². The van der Waals surface area contributed by atoms with E-state index in [0.717, 1.165) is 0 Å². The van der Waals surface area contributed by atoms with E-state index in [4.69, 9.17) is 10.5 Å². The van der Waals surface area contributed by atoms with Crippen LogP contribution in [0.4, 0.5) is 13.2 Å². The van der Waals surface area contributed by atoms with Crippen LogP contribution in [-0.4, -0.2) is 24.9 Å². The second-order valence-corrected chi connectivity index (χ2v) is 5.09. The van der Waals surface area contributed by atoms with Gasteiger partial charge in [-0.15, -0.1) is 0 Å². The quantitative estimate of drug-likeness (QED) is 0.802. The number of rotatable bonds is 5. The Balaban J connectivity index is 4.25. The molecular formula is C11H22F3NO. The maximum Gasteiger partial charge on any atom is 0.391 e. The van der Waals surface area contributed by atoms with Crippen molar-refractivity contribution in [1.29, 1.82) is 0 Å². The lowest BCUT2D eigenvalue weighted by Crippen LogP contribution is -2.45. The molecule has 98 valence electrons. The summed E-state index contributed by atoms with van der Waals surface area (Å²) in [6, 6.07) is -0.228. The van der Waals surface area contributed by atoms with E-state index in [1.165, 1.54) is 0 Å². The largest absolute Gasteiger partial charge is 0.391 e. The highest BCUT2D eigenvalue weighted by Crippen LogP contribution is 2.27. The van der Waals surface area contributed by atoms with Gasteiger partial charge in [0.25, 0.3) is 0 Å². The predicted molar refractivity (Wildman–Crippen MR) is 58.1 cm³/mol. The Hall–Kier alpha value is -0.290. The normalized spacial score (nSPS) is 17.2. The molecule has 0 saturated carbocycles. The zero-order valence-electron chi connectivity index (χ0n) is 10.4. The molecule has 0 aliphatic heterocycles. The minimum Gasteiger partial charge on any atom is -0.376 e. The van der Waals surface area contributed by atoms with Gasteiger partial charge in [0, 0.05) is 6.04 Å². The van der Waals surface area contributed by atoms with Crippen LogP contribution in [0.15, 0.2) is 0 Å². The third-order valence-electron chi connectivity index (χ3n) is 2.40. The van der Waals surface area contributed by atoms with E-state index in [2.05, 4.69) is 0 Å². The molecule has 0 rings (SSSR count). The molecule has 2 atom stereocenters. The Morgan fingerprint density at radius 3 is 2.00 bits per heavy atom. The Kier molecular flexibility index (Phi) is 5.76. The second-order valence-electron chi connectivity index (χ2n) is 5.09. The lowest BCUT2D eigenvalue weighted by atomic mass is 9.84. The van der Waals surface area contributed by atoms with E-state index in [-0.39, 0.29) is 24.2 Å². The highest BCUT2D eigenvalue weighted by atomic mass is 19.4. The molecule has 0 aliphatic rings. The third kappa shape index (κ3) is 6.33. The number of alkyl halides is 3. The standard InChI is InChI=1S/C11H22F3NO/c1-5-8(15)9(10(2,3)4)16-7-6-11(12,13)14/h8-9H,5-7,15H2,1-4H3. The molecule has 0 amide bonds. The van der Waals surface area contributed by atoms with Crippen molar-refractivity contribution in [3.8, 4) is 0 Å². The number of ether oxygens (including phenoxy) is 1. The first-order chi connectivity index (χ1) is 7.08. The molecule has 5 heteroatoms. The minimum absolute atomic E-state index is 0.228. The van der Waals surface area contributed by atoms with Crippen molar-refractivity contribution in [2.24, 2.45) is 11.1 Å². The molecular weight excluding hydrogens is 219 g/mol. The fourth-order valence-corrected chi connectivity index (χ4v) is 1.53. The first-order valence-electron chi connectivity index (χ1n) is 5.52. The molecule has 0 bridgehead atoms. The molecule has 0 aromatic rings. The molecule has 0 radical (unpaired) electrons. The van der Waals surface area contributed by atoms with Gasteiger partial charge in [-0.25, -0.2) is 0 Å². The maximum absolute atomic E-state index is 12.0. The van der Waals surface area contributed by atoms with Crippen LogP contribution in [0.25, 0.3) is 0 Å². The fraction of sp³-hybridized carbons (Fsp3) is 1.00. The van der Waals surface area contributed by atoms with Gasteiger partial charge in [0.1, 0.15) is 0 Å². The van der Waals surface area contributed by atoms with Crippen LogP contribution < -0.4 is 5.73 Å². The van der Waals surface area contributed by atoms with E-state index < -0.39 is 12.6 Å². The smallest absolute Gasteiger partial charge is 0.376 e. The molecule has 0 aromatic heterocycles. The summed E-state index contributed by atoms with van der Waals surface area (Å²) in [5.74, 6) is 0. The highest BCUT2D eigenvalue weighted by molar-refractivity contribution is 4.83. The molecule has 2 N–H and O–H groups in total. The zero-order chi connectivity index (χ0) is 13.0. The van der Waals surface area contributed by atoms with Crippen molar-refractivity contribution in [3.05, 3.63) is 0 Å². The Morgan fingerprint density at radius 1 is 1.19 bits per heavy atom. The highest BCUT2D eigenvalue weighted by Gasteiger charge is 2.32. The molecule has 0 fully saturated rings. The minimum atomic E-state index is -4.17. The summed E-state index contributed by atoms with van der Waals surface area (Å²) in [6.07, 6.45) is -4.75. The second kappa shape index (κ2) is 5.87. The first kappa shape index (κ1) is 15.7. The number of hydrogen-bond donors (Lipinski definition) is 1. The zero-order valence-corrected chi connectivity index (χ0v) is 10.4. The average Bonchev–Trinajstić information content (AvgIpc) is 2.07. The van der Waals surface area contributed by atoms with E-state index in [1.807, 2.05) is 27.7 Å². The molecule has 0 aromatic carbocycles. The van der Waals surface area contributed by atoms with Crippen molar-refractivity contribution >= 4 is 0 Å². The average molecular weight is 241 g/mol. The van der Waals surface area contributed by atoms with Crippen LogP contribution in [0, 0.1) is 5.41 Å². The first-order valence-corrected chi connectivity index (χ1v) is 5.52. The lowest BCUT2D eigenvalue weighted by Gasteiger charge is -2.34. The van der Waals surface area contributed by atoms with Crippen LogP contribution in [0.2, 0.25) is 0 Å². The number of hydrogen-bond acceptors (Lipinski definition) is 2. The van der Waals surface area contributed by atoms with Crippen molar-refractivity contribution < 1.29 is 17.9 Å². The number of halogens is 3. The van der Waals surface area contributed by atoms with Crippen LogP contribution in [-0.2, 0) is 4.74 Å². The van der Waals surface area contributed by atoms with Gasteiger partial charge in [0.15, 0.2) is 0 Å². The topological polar surface area (TPSA) is 35.2 Å². The fourth-order valence-electron chi connectivity index (χ4n) is 1.53. The van der Waals surface area contributed by atoms with Gasteiger partial charge in [0.05, 0.1) is 19.1 Å². The Morgan fingerprint density at radius 2 is 1.69 bits per heavy atom. The predicted octanol–water partition coefficient (Wildman–Crippen LogP) is 3.11. The molecule has 0 spiro atoms. The molecule has 2 unspecified atom stereocenters. The lowest BCUT2D eigenvalue weighted by molar-refractivity contribution is -0.155. The van der Waals surface area contributed by atoms with E-state index in [9.17, 15) is 13.2 Å². The Bertz CT molecular complexity index is 198. The molecule has 2 nitrogen and oxygen atoms in total. The summed E-state index contributed by atoms with van der Waals surface area (Å²) in [4.78, 5) is 0. The van der Waals surface area contributed by atoms with Crippen LogP contribution in [0.5, 0.6) is 0 Å². The number of nitrogens with two attached hydrogens (primary N) is 1. The van der Waals surface area contributed by atoms with E-state index in [0.29, 0.717) is 6.42 Å². The van der Waals surface area contributed by atoms with Gasteiger partial charge in [-0.2, -0.15) is 13.2 Å². The molecule has 0 heterocycles. The van der Waals surface area contributed by atoms with Gasteiger partial charge in [0.2, 0.25) is 0 Å². The third-order valence-corrected chi connectivity index (χ3v) is 2.40.